The molecule has 53 heavy (non-hydrogen) atoms. The van der Waals surface area contributed by atoms with Crippen molar-refractivity contribution in [1.29, 1.82) is 0 Å². The van der Waals surface area contributed by atoms with Gasteiger partial charge in [0.15, 0.2) is 17.5 Å². The average Bonchev–Trinajstić information content (AvgIpc) is 3.58. The lowest BCUT2D eigenvalue weighted by molar-refractivity contribution is 1.07. The van der Waals surface area contributed by atoms with Crippen molar-refractivity contribution in [1.82, 2.24) is 19.5 Å². The Labute approximate surface area is 307 Å². The van der Waals surface area contributed by atoms with Gasteiger partial charge in [0.05, 0.1) is 11.0 Å². The zero-order valence-corrected chi connectivity index (χ0v) is 28.8. The first kappa shape index (κ1) is 30.6. The van der Waals surface area contributed by atoms with Crippen molar-refractivity contribution in [2.24, 2.45) is 0 Å². The first-order valence-corrected chi connectivity index (χ1v) is 17.9. The second-order valence-corrected chi connectivity index (χ2v) is 13.2. The van der Waals surface area contributed by atoms with Crippen LogP contribution in [0.25, 0.3) is 94.7 Å². The second kappa shape index (κ2) is 12.9. The van der Waals surface area contributed by atoms with Gasteiger partial charge in [0, 0.05) is 33.2 Å². The van der Waals surface area contributed by atoms with Gasteiger partial charge in [-0.25, -0.2) is 15.0 Å². The van der Waals surface area contributed by atoms with E-state index in [-0.39, 0.29) is 0 Å². The summed E-state index contributed by atoms with van der Waals surface area (Å²) in [5.41, 5.74) is 11.0. The normalized spacial score (nSPS) is 11.4. The Kier molecular flexibility index (Phi) is 7.43. The quantitative estimate of drug-likeness (QED) is 0.176. The average molecular weight is 677 g/mol. The maximum absolute atomic E-state index is 4.99. The topological polar surface area (TPSA) is 43.6 Å². The molecule has 0 radical (unpaired) electrons. The molecule has 0 bridgehead atoms. The largest absolute Gasteiger partial charge is 0.309 e. The van der Waals surface area contributed by atoms with Crippen molar-refractivity contribution in [3.05, 3.63) is 194 Å². The molecule has 0 aliphatic heterocycles. The number of fused-ring (bicyclic) bond motifs is 4. The lowest BCUT2D eigenvalue weighted by Crippen LogP contribution is -2.00. The molecule has 4 nitrogen and oxygen atoms in total. The van der Waals surface area contributed by atoms with Gasteiger partial charge in [0.1, 0.15) is 0 Å². The summed E-state index contributed by atoms with van der Waals surface area (Å²) in [6, 6.07) is 68.2. The van der Waals surface area contributed by atoms with Gasteiger partial charge in [0.2, 0.25) is 0 Å². The molecule has 0 N–H and O–H groups in total. The minimum absolute atomic E-state index is 0.641. The van der Waals surface area contributed by atoms with E-state index in [9.17, 15) is 0 Å². The molecule has 0 amide bonds. The van der Waals surface area contributed by atoms with E-state index in [0.29, 0.717) is 17.5 Å². The molecule has 0 fully saturated rings. The van der Waals surface area contributed by atoms with E-state index < -0.39 is 0 Å². The number of rotatable bonds is 6. The van der Waals surface area contributed by atoms with E-state index in [0.717, 1.165) is 33.5 Å². The molecule has 0 spiro atoms. The van der Waals surface area contributed by atoms with Gasteiger partial charge in [-0.05, 0) is 63.4 Å². The molecule has 2 heterocycles. The van der Waals surface area contributed by atoms with E-state index >= 15 is 0 Å². The molecule has 0 saturated heterocycles. The summed E-state index contributed by atoms with van der Waals surface area (Å²) in [7, 11) is 0. The number of nitrogens with zero attached hydrogens (tertiary/aromatic N) is 4. The van der Waals surface area contributed by atoms with E-state index in [1.54, 1.807) is 0 Å². The van der Waals surface area contributed by atoms with Crippen LogP contribution >= 0.6 is 0 Å². The van der Waals surface area contributed by atoms with Crippen LogP contribution in [0.4, 0.5) is 0 Å². The fourth-order valence-corrected chi connectivity index (χ4v) is 7.58. The number of para-hydroxylation sites is 2. The maximum Gasteiger partial charge on any atom is 0.164 e. The van der Waals surface area contributed by atoms with Gasteiger partial charge in [-0.2, -0.15) is 0 Å². The molecule has 0 saturated carbocycles. The summed E-state index contributed by atoms with van der Waals surface area (Å²) in [6.07, 6.45) is 0. The van der Waals surface area contributed by atoms with Gasteiger partial charge in [-0.3, -0.25) is 0 Å². The molecule has 2 aromatic heterocycles. The molecule has 0 unspecified atom stereocenters. The monoisotopic (exact) mass is 676 g/mol. The highest BCUT2D eigenvalue weighted by Crippen LogP contribution is 2.39. The molecule has 248 valence electrons. The summed E-state index contributed by atoms with van der Waals surface area (Å²) in [6.45, 7) is 0. The van der Waals surface area contributed by atoms with Crippen LogP contribution in [0.5, 0.6) is 0 Å². The number of hydrogen-bond donors (Lipinski definition) is 0. The summed E-state index contributed by atoms with van der Waals surface area (Å²) in [5, 5.41) is 4.91. The second-order valence-electron chi connectivity index (χ2n) is 13.2. The zero-order valence-electron chi connectivity index (χ0n) is 28.8. The predicted molar refractivity (Wildman–Crippen MR) is 219 cm³/mol. The fraction of sp³-hybridized carbons (Fsp3) is 0. The van der Waals surface area contributed by atoms with E-state index in [4.69, 9.17) is 15.0 Å². The van der Waals surface area contributed by atoms with Crippen LogP contribution in [-0.2, 0) is 0 Å². The van der Waals surface area contributed by atoms with E-state index in [2.05, 4.69) is 138 Å². The van der Waals surface area contributed by atoms with Crippen LogP contribution in [0.15, 0.2) is 194 Å². The Morgan fingerprint density at radius 3 is 1.23 bits per heavy atom. The number of benzene rings is 8. The molecule has 10 aromatic rings. The minimum atomic E-state index is 0.641. The maximum atomic E-state index is 4.99. The summed E-state index contributed by atoms with van der Waals surface area (Å²) >= 11 is 0. The zero-order chi connectivity index (χ0) is 35.1. The van der Waals surface area contributed by atoms with Gasteiger partial charge in [-0.15, -0.1) is 0 Å². The molecule has 0 atom stereocenters. The van der Waals surface area contributed by atoms with Crippen molar-refractivity contribution in [3.8, 4) is 62.1 Å². The number of aromatic nitrogens is 4. The van der Waals surface area contributed by atoms with E-state index in [1.165, 1.54) is 43.7 Å². The highest BCUT2D eigenvalue weighted by molar-refractivity contribution is 6.09. The lowest BCUT2D eigenvalue weighted by Gasteiger charge is -2.15. The fourth-order valence-electron chi connectivity index (χ4n) is 7.58. The standard InChI is InChI=1S/C49H32N4/c1-3-15-33(16-4-1)47-50-48(34-17-5-2-6-18-34)52-49(51-47)37-21-13-19-35(31-37)39-29-30-40(42-24-8-7-23-41(39)42)36-20-14-22-38(32-36)53-45-27-11-9-25-43(45)44-26-10-12-28-46(44)53/h1-32H. The third kappa shape index (κ3) is 5.45. The Morgan fingerprint density at radius 2 is 0.679 bits per heavy atom. The van der Waals surface area contributed by atoms with Crippen molar-refractivity contribution < 1.29 is 0 Å². The van der Waals surface area contributed by atoms with Crippen molar-refractivity contribution in [2.75, 3.05) is 0 Å². The van der Waals surface area contributed by atoms with Crippen LogP contribution in [-0.4, -0.2) is 19.5 Å². The number of hydrogen-bond acceptors (Lipinski definition) is 3. The Balaban J connectivity index is 1.08. The van der Waals surface area contributed by atoms with Crippen LogP contribution in [0, 0.1) is 0 Å². The molecule has 0 aliphatic carbocycles. The summed E-state index contributed by atoms with van der Waals surface area (Å²) in [4.78, 5) is 14.9. The SMILES string of the molecule is c1ccc(-c2nc(-c3ccccc3)nc(-c3cccc(-c4ccc(-c5cccc(-n6c7ccccc7c7ccccc76)c5)c5ccccc45)c3)n2)cc1. The van der Waals surface area contributed by atoms with Crippen LogP contribution < -0.4 is 0 Å². The molecular formula is C49H32N4. The third-order valence-electron chi connectivity index (χ3n) is 10.1. The van der Waals surface area contributed by atoms with Gasteiger partial charge < -0.3 is 4.57 Å². The van der Waals surface area contributed by atoms with Crippen molar-refractivity contribution in [3.63, 3.8) is 0 Å². The first-order chi connectivity index (χ1) is 26.3. The highest BCUT2D eigenvalue weighted by Gasteiger charge is 2.16. The highest BCUT2D eigenvalue weighted by atomic mass is 15.0. The molecule has 8 aromatic carbocycles. The predicted octanol–water partition coefficient (Wildman–Crippen LogP) is 12.5. The van der Waals surface area contributed by atoms with Crippen LogP contribution in [0.1, 0.15) is 0 Å². The third-order valence-corrected chi connectivity index (χ3v) is 10.1. The Morgan fingerprint density at radius 1 is 0.283 bits per heavy atom. The smallest absolute Gasteiger partial charge is 0.164 e. The van der Waals surface area contributed by atoms with Crippen molar-refractivity contribution >= 4 is 32.6 Å². The lowest BCUT2D eigenvalue weighted by atomic mass is 9.91. The van der Waals surface area contributed by atoms with Gasteiger partial charge in [-0.1, -0.05) is 164 Å². The van der Waals surface area contributed by atoms with E-state index in [1.807, 2.05) is 60.7 Å². The Hall–Kier alpha value is -7.17. The molecule has 4 heteroatoms. The molecular weight excluding hydrogens is 645 g/mol. The summed E-state index contributed by atoms with van der Waals surface area (Å²) in [5.74, 6) is 1.94. The molecule has 10 rings (SSSR count). The Bertz CT molecular complexity index is 2840. The van der Waals surface area contributed by atoms with Crippen LogP contribution in [0.3, 0.4) is 0 Å². The van der Waals surface area contributed by atoms with Crippen molar-refractivity contribution in [2.45, 2.75) is 0 Å². The minimum Gasteiger partial charge on any atom is -0.309 e. The van der Waals surface area contributed by atoms with Crippen LogP contribution in [0.2, 0.25) is 0 Å². The first-order valence-electron chi connectivity index (χ1n) is 17.9. The van der Waals surface area contributed by atoms with Gasteiger partial charge >= 0.3 is 0 Å². The molecule has 0 aliphatic rings. The summed E-state index contributed by atoms with van der Waals surface area (Å²) < 4.78 is 2.38. The van der Waals surface area contributed by atoms with Gasteiger partial charge in [0.25, 0.3) is 0 Å².